The van der Waals surface area contributed by atoms with Crippen LogP contribution in [0.1, 0.15) is 5.69 Å². The second-order valence-corrected chi connectivity index (χ2v) is 2.90. The summed E-state index contributed by atoms with van der Waals surface area (Å²) in [6.07, 6.45) is 1.55. The molecule has 2 heterocycles. The fourth-order valence-electron chi connectivity index (χ4n) is 0.954. The zero-order valence-electron chi connectivity index (χ0n) is 6.82. The topological polar surface area (TPSA) is 67.3 Å². The highest BCUT2D eigenvalue weighted by Gasteiger charge is 2.05. The maximum absolute atomic E-state index is 5.76. The van der Waals surface area contributed by atoms with Crippen molar-refractivity contribution < 1.29 is 0 Å². The molecule has 2 rings (SSSR count). The molecule has 0 aliphatic carbocycles. The molecule has 0 amide bonds. The number of H-pyrrole nitrogens is 1. The van der Waals surface area contributed by atoms with Crippen LogP contribution in [0, 0.1) is 6.92 Å². The van der Waals surface area contributed by atoms with E-state index in [1.807, 2.05) is 6.92 Å². The summed E-state index contributed by atoms with van der Waals surface area (Å²) in [5.41, 5.74) is 1.39. The highest BCUT2D eigenvalue weighted by molar-refractivity contribution is 6.29. The van der Waals surface area contributed by atoms with Crippen LogP contribution in [0.5, 0.6) is 0 Å². The van der Waals surface area contributed by atoms with Crippen molar-refractivity contribution in [3.8, 4) is 11.5 Å². The molecule has 0 unspecified atom stereocenters. The summed E-state index contributed by atoms with van der Waals surface area (Å²) in [6, 6.07) is 1.69. The lowest BCUT2D eigenvalue weighted by atomic mass is 10.4. The van der Waals surface area contributed by atoms with E-state index in [0.717, 1.165) is 5.69 Å². The zero-order valence-corrected chi connectivity index (χ0v) is 7.58. The van der Waals surface area contributed by atoms with Crippen LogP contribution in [0.3, 0.4) is 0 Å². The van der Waals surface area contributed by atoms with Gasteiger partial charge in [0.2, 0.25) is 0 Å². The summed E-state index contributed by atoms with van der Waals surface area (Å²) in [7, 11) is 0. The molecule has 0 saturated carbocycles. The van der Waals surface area contributed by atoms with Crippen molar-refractivity contribution in [2.24, 2.45) is 0 Å². The highest BCUT2D eigenvalue weighted by atomic mass is 35.5. The van der Waals surface area contributed by atoms with Gasteiger partial charge in [0.25, 0.3) is 0 Å². The fourth-order valence-corrected chi connectivity index (χ4v) is 1.19. The van der Waals surface area contributed by atoms with E-state index in [1.165, 1.54) is 0 Å². The monoisotopic (exact) mass is 195 g/mol. The molecule has 0 fully saturated rings. The van der Waals surface area contributed by atoms with Crippen LogP contribution in [0.15, 0.2) is 12.3 Å². The van der Waals surface area contributed by atoms with Gasteiger partial charge in [0.15, 0.2) is 5.82 Å². The van der Waals surface area contributed by atoms with E-state index in [1.54, 1.807) is 12.3 Å². The van der Waals surface area contributed by atoms with Gasteiger partial charge in [-0.05, 0) is 13.0 Å². The maximum Gasteiger partial charge on any atom is 0.183 e. The molecular weight excluding hydrogens is 190 g/mol. The first-order chi connectivity index (χ1) is 6.25. The van der Waals surface area contributed by atoms with E-state index in [9.17, 15) is 0 Å². The maximum atomic E-state index is 5.76. The van der Waals surface area contributed by atoms with Gasteiger partial charge < -0.3 is 0 Å². The van der Waals surface area contributed by atoms with Gasteiger partial charge in [-0.3, -0.25) is 0 Å². The SMILES string of the molecule is Cc1cc(Cl)nc(-c2cn[nH]n2)n1. The Labute approximate surface area is 79.2 Å². The first-order valence-electron chi connectivity index (χ1n) is 3.63. The Hall–Kier alpha value is -1.49. The summed E-state index contributed by atoms with van der Waals surface area (Å²) < 4.78 is 0. The van der Waals surface area contributed by atoms with Gasteiger partial charge in [-0.15, -0.1) is 0 Å². The molecular formula is C7H6ClN5. The molecule has 13 heavy (non-hydrogen) atoms. The minimum Gasteiger partial charge on any atom is -0.232 e. The molecule has 0 aromatic carbocycles. The molecule has 0 bridgehead atoms. The summed E-state index contributed by atoms with van der Waals surface area (Å²) in [5.74, 6) is 0.485. The van der Waals surface area contributed by atoms with Crippen molar-refractivity contribution in [1.29, 1.82) is 0 Å². The molecule has 0 atom stereocenters. The van der Waals surface area contributed by atoms with Crippen molar-refractivity contribution in [2.75, 3.05) is 0 Å². The molecule has 0 saturated heterocycles. The Morgan fingerprint density at radius 3 is 2.85 bits per heavy atom. The fraction of sp³-hybridized carbons (Fsp3) is 0.143. The van der Waals surface area contributed by atoms with E-state index >= 15 is 0 Å². The Morgan fingerprint density at radius 1 is 1.38 bits per heavy atom. The minimum atomic E-state index is 0.408. The molecule has 66 valence electrons. The lowest BCUT2D eigenvalue weighted by molar-refractivity contribution is 0.937. The van der Waals surface area contributed by atoms with Gasteiger partial charge in [-0.1, -0.05) is 11.6 Å². The number of aromatic nitrogens is 5. The molecule has 0 aliphatic rings. The van der Waals surface area contributed by atoms with E-state index in [4.69, 9.17) is 11.6 Å². The van der Waals surface area contributed by atoms with Crippen LogP contribution in [-0.4, -0.2) is 25.4 Å². The molecule has 0 aliphatic heterocycles. The molecule has 1 N–H and O–H groups in total. The first-order valence-corrected chi connectivity index (χ1v) is 4.01. The largest absolute Gasteiger partial charge is 0.232 e. The Bertz CT molecular complexity index is 391. The Balaban J connectivity index is 2.53. The number of halogens is 1. The van der Waals surface area contributed by atoms with Crippen molar-refractivity contribution >= 4 is 11.6 Å². The van der Waals surface area contributed by atoms with Crippen molar-refractivity contribution in [1.82, 2.24) is 25.4 Å². The molecule has 5 nitrogen and oxygen atoms in total. The predicted octanol–water partition coefficient (Wildman–Crippen LogP) is 1.22. The smallest absolute Gasteiger partial charge is 0.183 e. The van der Waals surface area contributed by atoms with Crippen LogP contribution < -0.4 is 0 Å². The van der Waals surface area contributed by atoms with Crippen molar-refractivity contribution in [3.05, 3.63) is 23.1 Å². The lowest BCUT2D eigenvalue weighted by Gasteiger charge is -1.96. The minimum absolute atomic E-state index is 0.408. The predicted molar refractivity (Wildman–Crippen MR) is 47.2 cm³/mol. The van der Waals surface area contributed by atoms with Crippen LogP contribution in [0.2, 0.25) is 5.15 Å². The second kappa shape index (κ2) is 3.10. The van der Waals surface area contributed by atoms with E-state index in [-0.39, 0.29) is 0 Å². The third-order valence-corrected chi connectivity index (χ3v) is 1.66. The van der Waals surface area contributed by atoms with Crippen molar-refractivity contribution in [2.45, 2.75) is 6.92 Å². The van der Waals surface area contributed by atoms with Gasteiger partial charge >= 0.3 is 0 Å². The summed E-state index contributed by atoms with van der Waals surface area (Å²) in [5, 5.41) is 10.4. The average molecular weight is 196 g/mol. The molecule has 2 aromatic rings. The first kappa shape index (κ1) is 8.12. The summed E-state index contributed by atoms with van der Waals surface area (Å²) in [4.78, 5) is 8.17. The quantitative estimate of drug-likeness (QED) is 0.695. The number of hydrogen-bond acceptors (Lipinski definition) is 4. The van der Waals surface area contributed by atoms with Crippen LogP contribution in [0.4, 0.5) is 0 Å². The Kier molecular flexibility index (Phi) is 1.94. The van der Waals surface area contributed by atoms with Gasteiger partial charge in [-0.2, -0.15) is 15.4 Å². The van der Waals surface area contributed by atoms with Gasteiger partial charge in [0.1, 0.15) is 10.8 Å². The number of hydrogen-bond donors (Lipinski definition) is 1. The number of aryl methyl sites for hydroxylation is 1. The zero-order chi connectivity index (χ0) is 9.26. The number of aromatic amines is 1. The number of nitrogens with zero attached hydrogens (tertiary/aromatic N) is 4. The van der Waals surface area contributed by atoms with Crippen LogP contribution in [-0.2, 0) is 0 Å². The molecule has 0 radical (unpaired) electrons. The third-order valence-electron chi connectivity index (χ3n) is 1.47. The van der Waals surface area contributed by atoms with Gasteiger partial charge in [0.05, 0.1) is 6.20 Å². The van der Waals surface area contributed by atoms with E-state index in [0.29, 0.717) is 16.7 Å². The van der Waals surface area contributed by atoms with Crippen LogP contribution in [0.25, 0.3) is 11.5 Å². The van der Waals surface area contributed by atoms with E-state index < -0.39 is 0 Å². The Morgan fingerprint density at radius 2 is 2.23 bits per heavy atom. The molecule has 0 spiro atoms. The van der Waals surface area contributed by atoms with E-state index in [2.05, 4.69) is 25.4 Å². The third kappa shape index (κ3) is 1.65. The second-order valence-electron chi connectivity index (χ2n) is 2.51. The van der Waals surface area contributed by atoms with Gasteiger partial charge in [0, 0.05) is 5.69 Å². The average Bonchev–Trinajstić information content (AvgIpc) is 2.53. The highest BCUT2D eigenvalue weighted by Crippen LogP contribution is 2.13. The molecule has 6 heteroatoms. The van der Waals surface area contributed by atoms with Crippen molar-refractivity contribution in [3.63, 3.8) is 0 Å². The van der Waals surface area contributed by atoms with Crippen LogP contribution >= 0.6 is 11.6 Å². The standard InChI is InChI=1S/C7H6ClN5/c1-4-2-6(8)11-7(10-4)5-3-9-13-12-5/h2-3H,1H3,(H,9,12,13). The molecule has 2 aromatic heterocycles. The summed E-state index contributed by atoms with van der Waals surface area (Å²) >= 11 is 5.76. The summed E-state index contributed by atoms with van der Waals surface area (Å²) in [6.45, 7) is 1.84. The number of nitrogens with one attached hydrogen (secondary N) is 1. The van der Waals surface area contributed by atoms with Gasteiger partial charge in [-0.25, -0.2) is 9.97 Å². The number of rotatable bonds is 1. The lowest BCUT2D eigenvalue weighted by Crippen LogP contribution is -1.92. The normalized spacial score (nSPS) is 10.3.